The summed E-state index contributed by atoms with van der Waals surface area (Å²) in [5.74, 6) is -1.81. The zero-order chi connectivity index (χ0) is 17.1. The molecule has 4 atom stereocenters. The number of nitro groups is 1. The molecule has 0 amide bonds. The Kier molecular flexibility index (Phi) is 4.91. The van der Waals surface area contributed by atoms with Gasteiger partial charge in [-0.05, 0) is 4.92 Å². The van der Waals surface area contributed by atoms with Crippen molar-refractivity contribution in [2.45, 2.75) is 38.4 Å². The Bertz CT molecular complexity index is 615. The molecule has 2 rings (SSSR count). The van der Waals surface area contributed by atoms with Crippen molar-refractivity contribution in [2.24, 2.45) is 0 Å². The van der Waals surface area contributed by atoms with Crippen molar-refractivity contribution in [3.8, 4) is 0 Å². The van der Waals surface area contributed by atoms with Gasteiger partial charge in [-0.15, -0.1) is 0 Å². The third kappa shape index (κ3) is 3.63. The number of ether oxygens (including phenoxy) is 3. The number of rotatable bonds is 5. The minimum Gasteiger partial charge on any atom is -0.463 e. The summed E-state index contributed by atoms with van der Waals surface area (Å²) >= 11 is 0. The molecule has 23 heavy (non-hydrogen) atoms. The quantitative estimate of drug-likeness (QED) is 0.431. The lowest BCUT2D eigenvalue weighted by atomic mass is 10.1. The molecule has 1 aromatic rings. The smallest absolute Gasteiger partial charge is 0.436 e. The number of aliphatic hydroxyl groups is 1. The molecule has 0 radical (unpaired) electrons. The van der Waals surface area contributed by atoms with Gasteiger partial charge in [-0.25, -0.2) is 0 Å². The van der Waals surface area contributed by atoms with Crippen LogP contribution in [0.2, 0.25) is 0 Å². The molecule has 0 aromatic carbocycles. The predicted molar refractivity (Wildman–Crippen MR) is 71.0 cm³/mol. The molecular weight excluding hydrogens is 314 g/mol. The van der Waals surface area contributed by atoms with Gasteiger partial charge in [0.05, 0.1) is 0 Å². The van der Waals surface area contributed by atoms with E-state index in [1.54, 1.807) is 0 Å². The first-order valence-electron chi connectivity index (χ1n) is 6.62. The summed E-state index contributed by atoms with van der Waals surface area (Å²) in [6.07, 6.45) is -2.27. The molecule has 11 nitrogen and oxygen atoms in total. The molecule has 0 bridgehead atoms. The first kappa shape index (κ1) is 16.8. The van der Waals surface area contributed by atoms with Crippen LogP contribution in [0.25, 0.3) is 0 Å². The summed E-state index contributed by atoms with van der Waals surface area (Å²) < 4.78 is 16.3. The molecule has 1 aromatic heterocycles. The Balaban J connectivity index is 2.27. The number of hydrogen-bond acceptors (Lipinski definition) is 9. The van der Waals surface area contributed by atoms with Crippen LogP contribution in [-0.2, 0) is 23.8 Å². The highest BCUT2D eigenvalue weighted by molar-refractivity contribution is 5.66. The van der Waals surface area contributed by atoms with Crippen LogP contribution in [0.15, 0.2) is 12.4 Å². The zero-order valence-electron chi connectivity index (χ0n) is 12.3. The number of nitrogens with zero attached hydrogens (tertiary/aromatic N) is 3. The van der Waals surface area contributed by atoms with Crippen molar-refractivity contribution in [2.75, 3.05) is 6.61 Å². The highest BCUT2D eigenvalue weighted by atomic mass is 16.6. The van der Waals surface area contributed by atoms with E-state index in [1.165, 1.54) is 19.3 Å². The number of carbonyl (C=O) groups excluding carboxylic acids is 2. The summed E-state index contributed by atoms with van der Waals surface area (Å²) in [4.78, 5) is 35.9. The van der Waals surface area contributed by atoms with E-state index >= 15 is 0 Å². The minimum atomic E-state index is -1.33. The van der Waals surface area contributed by atoms with Gasteiger partial charge in [0, 0.05) is 13.8 Å². The Labute approximate surface area is 129 Å². The number of hydrogen-bond donors (Lipinski definition) is 1. The monoisotopic (exact) mass is 329 g/mol. The molecule has 0 saturated carbocycles. The van der Waals surface area contributed by atoms with E-state index in [2.05, 4.69) is 4.98 Å². The number of aromatic nitrogens is 2. The number of esters is 2. The van der Waals surface area contributed by atoms with Crippen molar-refractivity contribution in [3.63, 3.8) is 0 Å². The zero-order valence-corrected chi connectivity index (χ0v) is 12.3. The molecule has 11 heteroatoms. The van der Waals surface area contributed by atoms with Crippen molar-refractivity contribution in [1.82, 2.24) is 9.55 Å². The molecule has 1 fully saturated rings. The van der Waals surface area contributed by atoms with Crippen LogP contribution < -0.4 is 0 Å². The van der Waals surface area contributed by atoms with Crippen molar-refractivity contribution >= 4 is 17.9 Å². The number of imidazole rings is 1. The molecule has 2 heterocycles. The normalized spacial score (nSPS) is 26.7. The summed E-state index contributed by atoms with van der Waals surface area (Å²) in [5, 5.41) is 21.2. The molecule has 1 aliphatic rings. The fourth-order valence-electron chi connectivity index (χ4n) is 2.24. The first-order chi connectivity index (χ1) is 10.8. The third-order valence-corrected chi connectivity index (χ3v) is 3.15. The average Bonchev–Trinajstić information content (AvgIpc) is 3.03. The summed E-state index contributed by atoms with van der Waals surface area (Å²) in [7, 11) is 0. The molecule has 1 aliphatic heterocycles. The minimum absolute atomic E-state index is 0.284. The van der Waals surface area contributed by atoms with E-state index in [0.717, 1.165) is 11.5 Å². The third-order valence-electron chi connectivity index (χ3n) is 3.15. The van der Waals surface area contributed by atoms with Gasteiger partial charge < -0.3 is 29.4 Å². The van der Waals surface area contributed by atoms with Crippen LogP contribution in [0, 0.1) is 10.1 Å². The molecule has 126 valence electrons. The second-order valence-corrected chi connectivity index (χ2v) is 4.82. The van der Waals surface area contributed by atoms with Gasteiger partial charge in [-0.3, -0.25) is 9.59 Å². The van der Waals surface area contributed by atoms with Crippen LogP contribution in [0.4, 0.5) is 5.95 Å². The molecule has 0 unspecified atom stereocenters. The van der Waals surface area contributed by atoms with E-state index in [9.17, 15) is 24.8 Å². The molecule has 0 aliphatic carbocycles. The second-order valence-electron chi connectivity index (χ2n) is 4.82. The van der Waals surface area contributed by atoms with Crippen molar-refractivity contribution < 1.29 is 33.8 Å². The fraction of sp³-hybridized carbons (Fsp3) is 0.583. The maximum absolute atomic E-state index is 11.2. The lowest BCUT2D eigenvalue weighted by molar-refractivity contribution is -0.398. The number of carbonyl (C=O) groups is 2. The van der Waals surface area contributed by atoms with Crippen LogP contribution in [0.1, 0.15) is 20.1 Å². The van der Waals surface area contributed by atoms with Crippen molar-refractivity contribution in [3.05, 3.63) is 22.5 Å². The summed E-state index contributed by atoms with van der Waals surface area (Å²) in [5.41, 5.74) is 0. The molecular formula is C12H15N3O8. The van der Waals surface area contributed by atoms with Crippen LogP contribution in [0.3, 0.4) is 0 Å². The Morgan fingerprint density at radius 2 is 2.17 bits per heavy atom. The van der Waals surface area contributed by atoms with Crippen LogP contribution in [0.5, 0.6) is 0 Å². The standard InChI is InChI=1S/C12H15N3O8/c1-6(16)21-5-8-9(18)10(22-7(2)17)11(23-8)14-4-3-13-12(14)15(19)20/h3-4,8-11,18H,5H2,1-2H3/t8-,9-,10-,11-/m1/s1. The molecule has 1 N–H and O–H groups in total. The van der Waals surface area contributed by atoms with Gasteiger partial charge in [0.2, 0.25) is 6.23 Å². The van der Waals surface area contributed by atoms with Crippen molar-refractivity contribution in [1.29, 1.82) is 0 Å². The maximum Gasteiger partial charge on any atom is 0.436 e. The van der Waals surface area contributed by atoms with Gasteiger partial charge in [-0.1, -0.05) is 4.98 Å². The molecule has 1 saturated heterocycles. The average molecular weight is 329 g/mol. The lowest BCUT2D eigenvalue weighted by Crippen LogP contribution is -2.37. The van der Waals surface area contributed by atoms with Gasteiger partial charge in [0.25, 0.3) is 0 Å². The van der Waals surface area contributed by atoms with E-state index in [1.807, 2.05) is 0 Å². The summed E-state index contributed by atoms with van der Waals surface area (Å²) in [6, 6.07) is 0. The Morgan fingerprint density at radius 1 is 1.48 bits per heavy atom. The second kappa shape index (κ2) is 6.71. The largest absolute Gasteiger partial charge is 0.463 e. The van der Waals surface area contributed by atoms with Crippen LogP contribution >= 0.6 is 0 Å². The fourth-order valence-corrected chi connectivity index (χ4v) is 2.24. The number of aliphatic hydroxyl groups excluding tert-OH is 1. The highest BCUT2D eigenvalue weighted by Crippen LogP contribution is 2.34. The van der Waals surface area contributed by atoms with E-state index in [4.69, 9.17) is 14.2 Å². The van der Waals surface area contributed by atoms with E-state index in [-0.39, 0.29) is 6.61 Å². The topological polar surface area (TPSA) is 143 Å². The van der Waals surface area contributed by atoms with Crippen LogP contribution in [-0.4, -0.2) is 56.4 Å². The lowest BCUT2D eigenvalue weighted by Gasteiger charge is -2.18. The van der Waals surface area contributed by atoms with E-state index < -0.39 is 47.4 Å². The Morgan fingerprint density at radius 3 is 2.74 bits per heavy atom. The van der Waals surface area contributed by atoms with Gasteiger partial charge in [0.1, 0.15) is 31.2 Å². The predicted octanol–water partition coefficient (Wildman–Crippen LogP) is -0.456. The van der Waals surface area contributed by atoms with Gasteiger partial charge in [0.15, 0.2) is 6.10 Å². The maximum atomic E-state index is 11.2. The van der Waals surface area contributed by atoms with Gasteiger partial charge in [-0.2, -0.15) is 4.57 Å². The van der Waals surface area contributed by atoms with E-state index in [0.29, 0.717) is 0 Å². The highest BCUT2D eigenvalue weighted by Gasteiger charge is 2.50. The first-order valence-corrected chi connectivity index (χ1v) is 6.62. The SMILES string of the molecule is CC(=O)OC[C@H]1O[C@@H](n2ccnc2[N+](=O)[O-])[C@H](OC(C)=O)[C@@H]1O. The molecule has 0 spiro atoms. The summed E-state index contributed by atoms with van der Waals surface area (Å²) in [6.45, 7) is 2.03. The Hall–Kier alpha value is -2.53. The van der Waals surface area contributed by atoms with Gasteiger partial charge >= 0.3 is 17.9 Å².